The second-order valence-corrected chi connectivity index (χ2v) is 10.7. The van der Waals surface area contributed by atoms with Crippen LogP contribution in [0.25, 0.3) is 81.8 Å². The van der Waals surface area contributed by atoms with Crippen molar-refractivity contribution in [1.82, 2.24) is 9.13 Å². The number of rotatable bonds is 2. The average Bonchev–Trinajstić information content (AvgIpc) is 3.72. The third kappa shape index (κ3) is 3.08. The molecule has 0 unspecified atom stereocenters. The molecule has 0 saturated heterocycles. The monoisotopic (exact) mass is 548 g/mol. The highest BCUT2D eigenvalue weighted by molar-refractivity contribution is 6.24. The highest BCUT2D eigenvalue weighted by Crippen LogP contribution is 2.43. The van der Waals surface area contributed by atoms with Crippen LogP contribution in [0.5, 0.6) is 0 Å². The summed E-state index contributed by atoms with van der Waals surface area (Å²) in [5.74, 6) is 0. The first kappa shape index (κ1) is 23.4. The Labute approximate surface area is 245 Å². The predicted octanol–water partition coefficient (Wildman–Crippen LogP) is 10.2. The van der Waals surface area contributed by atoms with Crippen LogP contribution in [-0.2, 0) is 0 Å². The lowest BCUT2D eigenvalue weighted by molar-refractivity contribution is 0.673. The molecule has 9 rings (SSSR count). The van der Waals surface area contributed by atoms with E-state index >= 15 is 0 Å². The molecule has 43 heavy (non-hydrogen) atoms. The first-order valence-corrected chi connectivity index (χ1v) is 14.0. The van der Waals surface area contributed by atoms with Crippen LogP contribution in [0.15, 0.2) is 126 Å². The molecule has 0 spiro atoms. The van der Waals surface area contributed by atoms with Crippen LogP contribution in [0.3, 0.4) is 0 Å². The number of nitrogens with zero attached hydrogens (tertiary/aromatic N) is 4. The van der Waals surface area contributed by atoms with Crippen molar-refractivity contribution in [3.05, 3.63) is 138 Å². The Morgan fingerprint density at radius 3 is 1.84 bits per heavy atom. The van der Waals surface area contributed by atoms with Gasteiger partial charge in [0.2, 0.25) is 5.69 Å². The van der Waals surface area contributed by atoms with Gasteiger partial charge in [-0.1, -0.05) is 72.8 Å². The Morgan fingerprint density at radius 2 is 1.16 bits per heavy atom. The molecule has 0 radical (unpaired) electrons. The Bertz CT molecular complexity index is 2650. The Hall–Kier alpha value is -6.30. The van der Waals surface area contributed by atoms with Crippen molar-refractivity contribution in [2.75, 3.05) is 0 Å². The Morgan fingerprint density at radius 1 is 0.581 bits per heavy atom. The topological polar surface area (TPSA) is 51.1 Å². The van der Waals surface area contributed by atoms with Crippen molar-refractivity contribution >= 4 is 71.2 Å². The molecule has 0 amide bonds. The summed E-state index contributed by atoms with van der Waals surface area (Å²) >= 11 is 0. The van der Waals surface area contributed by atoms with Crippen molar-refractivity contribution < 1.29 is 4.42 Å². The van der Waals surface area contributed by atoms with E-state index < -0.39 is 0 Å². The lowest BCUT2D eigenvalue weighted by Crippen LogP contribution is -2.02. The van der Waals surface area contributed by atoms with Gasteiger partial charge in [0, 0.05) is 26.9 Å². The number of aromatic nitrogens is 2. The van der Waals surface area contributed by atoms with Gasteiger partial charge in [-0.25, -0.2) is 4.85 Å². The molecule has 0 aliphatic rings. The van der Waals surface area contributed by atoms with Gasteiger partial charge < -0.3 is 13.6 Å². The van der Waals surface area contributed by atoms with E-state index in [4.69, 9.17) is 11.0 Å². The summed E-state index contributed by atoms with van der Waals surface area (Å²) in [7, 11) is 0. The van der Waals surface area contributed by atoms with Crippen molar-refractivity contribution in [2.24, 2.45) is 0 Å². The maximum atomic E-state index is 10.4. The van der Waals surface area contributed by atoms with E-state index in [0.717, 1.165) is 71.2 Å². The SMILES string of the molecule is [C-]#[N+]c1cc(C#N)c(-n2c3ccccc3c3c4oc5ccccc5c4ccc32)cc1-n1c2ccccc2c2ccccc21. The van der Waals surface area contributed by atoms with E-state index in [-0.39, 0.29) is 0 Å². The minimum Gasteiger partial charge on any atom is -0.455 e. The molecular formula is C38H20N4O. The van der Waals surface area contributed by atoms with Crippen molar-refractivity contribution in [1.29, 1.82) is 5.26 Å². The first-order chi connectivity index (χ1) is 21.3. The van der Waals surface area contributed by atoms with Crippen LogP contribution in [0.4, 0.5) is 5.69 Å². The number of nitriles is 1. The van der Waals surface area contributed by atoms with Gasteiger partial charge in [0.05, 0.1) is 57.0 Å². The molecule has 5 heteroatoms. The molecule has 198 valence electrons. The summed E-state index contributed by atoms with van der Waals surface area (Å²) in [5.41, 5.74) is 7.90. The fraction of sp³-hybridized carbons (Fsp3) is 0. The smallest absolute Gasteiger partial charge is 0.212 e. The molecule has 3 aromatic heterocycles. The molecular weight excluding hydrogens is 528 g/mol. The minimum atomic E-state index is 0.423. The number of hydrogen-bond donors (Lipinski definition) is 0. The van der Waals surface area contributed by atoms with Crippen molar-refractivity contribution in [3.63, 3.8) is 0 Å². The van der Waals surface area contributed by atoms with Gasteiger partial charge in [-0.15, -0.1) is 0 Å². The second kappa shape index (κ2) is 8.60. The van der Waals surface area contributed by atoms with Gasteiger partial charge in [-0.3, -0.25) is 0 Å². The summed E-state index contributed by atoms with van der Waals surface area (Å²) in [4.78, 5) is 3.91. The fourth-order valence-electron chi connectivity index (χ4n) is 6.79. The normalized spacial score (nSPS) is 11.7. The molecule has 0 aliphatic heterocycles. The Kier molecular flexibility index (Phi) is 4.68. The summed E-state index contributed by atoms with van der Waals surface area (Å²) in [5, 5.41) is 16.8. The third-order valence-corrected chi connectivity index (χ3v) is 8.58. The number of fused-ring (bicyclic) bond motifs is 10. The lowest BCUT2D eigenvalue weighted by atomic mass is 10.1. The highest BCUT2D eigenvalue weighted by Gasteiger charge is 2.22. The zero-order chi connectivity index (χ0) is 28.7. The molecule has 0 N–H and O–H groups in total. The zero-order valence-corrected chi connectivity index (χ0v) is 22.7. The van der Waals surface area contributed by atoms with Crippen molar-refractivity contribution in [3.8, 4) is 17.4 Å². The fourth-order valence-corrected chi connectivity index (χ4v) is 6.79. The maximum absolute atomic E-state index is 10.4. The summed E-state index contributed by atoms with van der Waals surface area (Å²) < 4.78 is 10.8. The molecule has 0 aliphatic carbocycles. The van der Waals surface area contributed by atoms with Crippen LogP contribution < -0.4 is 0 Å². The Balaban J connectivity index is 1.44. The van der Waals surface area contributed by atoms with E-state index in [0.29, 0.717) is 16.9 Å². The molecule has 0 atom stereocenters. The second-order valence-electron chi connectivity index (χ2n) is 10.7. The van der Waals surface area contributed by atoms with Crippen LogP contribution in [0.2, 0.25) is 0 Å². The van der Waals surface area contributed by atoms with Gasteiger partial charge in [0.25, 0.3) is 0 Å². The van der Waals surface area contributed by atoms with Gasteiger partial charge in [0.15, 0.2) is 0 Å². The third-order valence-electron chi connectivity index (χ3n) is 8.58. The number of benzene rings is 6. The van der Waals surface area contributed by atoms with E-state index in [1.54, 1.807) is 6.07 Å². The molecule has 6 aromatic carbocycles. The molecule has 0 fully saturated rings. The number of furan rings is 1. The zero-order valence-electron chi connectivity index (χ0n) is 22.7. The molecule has 3 heterocycles. The van der Waals surface area contributed by atoms with Crippen LogP contribution in [0.1, 0.15) is 5.56 Å². The van der Waals surface area contributed by atoms with Crippen LogP contribution in [-0.4, -0.2) is 9.13 Å². The van der Waals surface area contributed by atoms with E-state index in [9.17, 15) is 5.26 Å². The summed E-state index contributed by atoms with van der Waals surface area (Å²) in [6.45, 7) is 8.11. The summed E-state index contributed by atoms with van der Waals surface area (Å²) in [6.07, 6.45) is 0. The molecule has 9 aromatic rings. The number of hydrogen-bond acceptors (Lipinski definition) is 2. The molecule has 0 bridgehead atoms. The summed E-state index contributed by atoms with van der Waals surface area (Å²) in [6, 6.07) is 43.2. The maximum Gasteiger partial charge on any atom is 0.212 e. The lowest BCUT2D eigenvalue weighted by Gasteiger charge is -2.16. The predicted molar refractivity (Wildman–Crippen MR) is 173 cm³/mol. The quantitative estimate of drug-likeness (QED) is 0.202. The van der Waals surface area contributed by atoms with E-state index in [1.807, 2.05) is 60.7 Å². The number of para-hydroxylation sites is 4. The van der Waals surface area contributed by atoms with Crippen LogP contribution >= 0.6 is 0 Å². The van der Waals surface area contributed by atoms with Crippen LogP contribution in [0, 0.1) is 17.9 Å². The largest absolute Gasteiger partial charge is 0.455 e. The van der Waals surface area contributed by atoms with E-state index in [2.05, 4.69) is 74.6 Å². The van der Waals surface area contributed by atoms with Crippen molar-refractivity contribution in [2.45, 2.75) is 0 Å². The van der Waals surface area contributed by atoms with E-state index in [1.165, 1.54) is 0 Å². The molecule has 5 nitrogen and oxygen atoms in total. The van der Waals surface area contributed by atoms with Gasteiger partial charge in [0.1, 0.15) is 11.2 Å². The minimum absolute atomic E-state index is 0.423. The standard InChI is InChI=1S/C38H20N4O/c1-40-29-20-23(22-39)34(21-35(29)41-30-14-6-2-10-24(30)25-11-3-7-15-31(25)41)42-32-16-8-4-13-28(32)37-33(42)19-18-27-26-12-5-9-17-36(26)43-38(27)37/h2-21H. The highest BCUT2D eigenvalue weighted by atomic mass is 16.3. The van der Waals surface area contributed by atoms with Gasteiger partial charge >= 0.3 is 0 Å². The molecule has 0 saturated carbocycles. The average molecular weight is 549 g/mol. The van der Waals surface area contributed by atoms with Gasteiger partial charge in [-0.2, -0.15) is 5.26 Å². The first-order valence-electron chi connectivity index (χ1n) is 14.0. The van der Waals surface area contributed by atoms with Gasteiger partial charge in [-0.05, 0) is 48.5 Å².